The number of nitrogens with zero attached hydrogens (tertiary/aromatic N) is 1. The summed E-state index contributed by atoms with van der Waals surface area (Å²) < 4.78 is 27.3. The number of carbonyl (C=O) groups is 1. The van der Waals surface area contributed by atoms with Crippen molar-refractivity contribution >= 4 is 21.7 Å². The summed E-state index contributed by atoms with van der Waals surface area (Å²) in [5.74, 6) is -0.729. The van der Waals surface area contributed by atoms with Crippen LogP contribution in [-0.2, 0) is 10.0 Å². The molecule has 0 aliphatic heterocycles. The number of hydrogen-bond donors (Lipinski definition) is 3. The number of anilines is 1. The monoisotopic (exact) mass is 342 g/mol. The Morgan fingerprint density at radius 3 is 2.38 bits per heavy atom. The summed E-state index contributed by atoms with van der Waals surface area (Å²) in [6.07, 6.45) is 0. The van der Waals surface area contributed by atoms with Gasteiger partial charge in [0, 0.05) is 6.07 Å². The van der Waals surface area contributed by atoms with Gasteiger partial charge >= 0.3 is 0 Å². The molecule has 122 valence electrons. The Morgan fingerprint density at radius 1 is 1.00 bits per heavy atom. The number of aromatic nitrogens is 2. The average Bonchev–Trinajstić information content (AvgIpc) is 3.04. The van der Waals surface area contributed by atoms with Gasteiger partial charge in [0.15, 0.2) is 5.82 Å². The number of H-pyrrole nitrogens is 1. The molecule has 24 heavy (non-hydrogen) atoms. The summed E-state index contributed by atoms with van der Waals surface area (Å²) in [7, 11) is -3.84. The van der Waals surface area contributed by atoms with Gasteiger partial charge < -0.3 is 5.73 Å². The zero-order chi connectivity index (χ0) is 17.2. The van der Waals surface area contributed by atoms with Crippen molar-refractivity contribution in [1.29, 1.82) is 0 Å². The predicted octanol–water partition coefficient (Wildman–Crippen LogP) is 1.98. The van der Waals surface area contributed by atoms with Crippen LogP contribution >= 0.6 is 0 Å². The van der Waals surface area contributed by atoms with Crippen LogP contribution < -0.4 is 10.5 Å². The van der Waals surface area contributed by atoms with Gasteiger partial charge in [-0.3, -0.25) is 14.6 Å². The second-order valence-electron chi connectivity index (χ2n) is 5.03. The Morgan fingerprint density at radius 2 is 1.71 bits per heavy atom. The number of nitrogens with two attached hydrogens (primary N) is 1. The van der Waals surface area contributed by atoms with Crippen molar-refractivity contribution in [3.63, 3.8) is 0 Å². The van der Waals surface area contributed by atoms with Crippen LogP contribution in [0.1, 0.15) is 10.5 Å². The van der Waals surface area contributed by atoms with Gasteiger partial charge in [-0.25, -0.2) is 8.42 Å². The minimum atomic E-state index is -3.84. The van der Waals surface area contributed by atoms with E-state index in [0.29, 0.717) is 0 Å². The van der Waals surface area contributed by atoms with Crippen LogP contribution in [0.15, 0.2) is 65.6 Å². The molecular weight excluding hydrogens is 328 g/mol. The van der Waals surface area contributed by atoms with E-state index in [2.05, 4.69) is 14.9 Å². The van der Waals surface area contributed by atoms with Crippen LogP contribution in [0.25, 0.3) is 11.1 Å². The number of benzene rings is 2. The lowest BCUT2D eigenvalue weighted by Crippen LogP contribution is -2.13. The van der Waals surface area contributed by atoms with E-state index in [4.69, 9.17) is 5.73 Å². The number of carbonyl (C=O) groups excluding carboxylic acids is 1. The normalized spacial score (nSPS) is 11.2. The summed E-state index contributed by atoms with van der Waals surface area (Å²) in [6.45, 7) is 0. The van der Waals surface area contributed by atoms with Crippen LogP contribution in [0.2, 0.25) is 0 Å². The van der Waals surface area contributed by atoms with Crippen molar-refractivity contribution in [2.45, 2.75) is 4.90 Å². The number of amides is 1. The summed E-state index contributed by atoms with van der Waals surface area (Å²) in [6, 6.07) is 17.2. The maximum absolute atomic E-state index is 12.5. The van der Waals surface area contributed by atoms with E-state index < -0.39 is 15.9 Å². The summed E-state index contributed by atoms with van der Waals surface area (Å²) in [4.78, 5) is 11.1. The second kappa shape index (κ2) is 6.17. The van der Waals surface area contributed by atoms with E-state index in [1.807, 2.05) is 36.4 Å². The van der Waals surface area contributed by atoms with E-state index in [1.165, 1.54) is 12.1 Å². The van der Waals surface area contributed by atoms with Gasteiger partial charge in [-0.15, -0.1) is 0 Å². The lowest BCUT2D eigenvalue weighted by atomic mass is 10.1. The molecule has 1 amide bonds. The van der Waals surface area contributed by atoms with Crippen molar-refractivity contribution in [2.24, 2.45) is 5.73 Å². The maximum atomic E-state index is 12.5. The number of rotatable bonds is 5. The molecule has 0 fully saturated rings. The molecule has 2 aromatic carbocycles. The minimum absolute atomic E-state index is 0.00564. The van der Waals surface area contributed by atoms with Gasteiger partial charge in [0.25, 0.3) is 15.9 Å². The van der Waals surface area contributed by atoms with Crippen molar-refractivity contribution < 1.29 is 13.2 Å². The van der Waals surface area contributed by atoms with Gasteiger partial charge in [0.05, 0.1) is 4.90 Å². The topological polar surface area (TPSA) is 118 Å². The van der Waals surface area contributed by atoms with Crippen LogP contribution in [0.5, 0.6) is 0 Å². The standard InChI is InChI=1S/C16H14N4O3S/c17-16(21)14-10-15(19-18-14)20-24(22,23)13-8-4-7-12(9-13)11-5-2-1-3-6-11/h1-10H,(H2,17,21)(H2,18,19,20). The van der Waals surface area contributed by atoms with Crippen molar-refractivity contribution in [2.75, 3.05) is 4.72 Å². The molecule has 0 radical (unpaired) electrons. The fraction of sp³-hybridized carbons (Fsp3) is 0. The molecule has 3 aromatic rings. The first kappa shape index (κ1) is 15.8. The van der Waals surface area contributed by atoms with E-state index >= 15 is 0 Å². The summed E-state index contributed by atoms with van der Waals surface area (Å²) in [5.41, 5.74) is 6.80. The SMILES string of the molecule is NC(=O)c1cc(NS(=O)(=O)c2cccc(-c3ccccc3)c2)n[nH]1. The highest BCUT2D eigenvalue weighted by molar-refractivity contribution is 7.92. The van der Waals surface area contributed by atoms with Crippen molar-refractivity contribution in [3.8, 4) is 11.1 Å². The van der Waals surface area contributed by atoms with Gasteiger partial charge in [-0.05, 0) is 23.3 Å². The molecule has 3 rings (SSSR count). The lowest BCUT2D eigenvalue weighted by molar-refractivity contribution is 0.0995. The lowest BCUT2D eigenvalue weighted by Gasteiger charge is -2.07. The molecule has 1 aromatic heterocycles. The van der Waals surface area contributed by atoms with E-state index in [0.717, 1.165) is 11.1 Å². The number of primary amides is 1. The predicted molar refractivity (Wildman–Crippen MR) is 89.8 cm³/mol. The molecule has 0 unspecified atom stereocenters. The van der Waals surface area contributed by atoms with Crippen LogP contribution in [0.3, 0.4) is 0 Å². The first-order valence-corrected chi connectivity index (χ1v) is 8.47. The molecule has 0 aliphatic carbocycles. The molecule has 0 spiro atoms. The molecule has 0 bridgehead atoms. The molecule has 8 heteroatoms. The first-order valence-electron chi connectivity index (χ1n) is 6.99. The van der Waals surface area contributed by atoms with Gasteiger partial charge in [0.2, 0.25) is 0 Å². The molecule has 0 atom stereocenters. The highest BCUT2D eigenvalue weighted by Crippen LogP contribution is 2.23. The Bertz CT molecular complexity index is 981. The molecule has 1 heterocycles. The molecule has 0 saturated heterocycles. The minimum Gasteiger partial charge on any atom is -0.364 e. The van der Waals surface area contributed by atoms with Gasteiger partial charge in [0.1, 0.15) is 5.69 Å². The van der Waals surface area contributed by atoms with Gasteiger partial charge in [-0.1, -0.05) is 42.5 Å². The molecule has 0 saturated carbocycles. The zero-order valence-electron chi connectivity index (χ0n) is 12.4. The fourth-order valence-electron chi connectivity index (χ4n) is 2.17. The highest BCUT2D eigenvalue weighted by Gasteiger charge is 2.17. The molecule has 7 nitrogen and oxygen atoms in total. The third-order valence-corrected chi connectivity index (χ3v) is 4.69. The summed E-state index contributed by atoms with van der Waals surface area (Å²) >= 11 is 0. The number of aromatic amines is 1. The number of hydrogen-bond acceptors (Lipinski definition) is 4. The van der Waals surface area contributed by atoms with Crippen LogP contribution in [0.4, 0.5) is 5.82 Å². The van der Waals surface area contributed by atoms with Crippen LogP contribution in [0, 0.1) is 0 Å². The smallest absolute Gasteiger partial charge is 0.266 e. The molecule has 0 aliphatic rings. The van der Waals surface area contributed by atoms with E-state index in [1.54, 1.807) is 12.1 Å². The van der Waals surface area contributed by atoms with Crippen LogP contribution in [-0.4, -0.2) is 24.5 Å². The third-order valence-electron chi connectivity index (χ3n) is 3.33. The number of sulfonamides is 1. The highest BCUT2D eigenvalue weighted by atomic mass is 32.2. The first-order chi connectivity index (χ1) is 11.5. The fourth-order valence-corrected chi connectivity index (χ4v) is 3.21. The van der Waals surface area contributed by atoms with Crippen molar-refractivity contribution in [3.05, 3.63) is 66.4 Å². The Kier molecular flexibility index (Phi) is 4.05. The molecular formula is C16H14N4O3S. The van der Waals surface area contributed by atoms with E-state index in [-0.39, 0.29) is 16.4 Å². The second-order valence-corrected chi connectivity index (χ2v) is 6.71. The molecule has 4 N–H and O–H groups in total. The average molecular weight is 342 g/mol. The Balaban J connectivity index is 1.91. The number of nitrogens with one attached hydrogen (secondary N) is 2. The largest absolute Gasteiger partial charge is 0.364 e. The Labute approximate surface area is 138 Å². The van der Waals surface area contributed by atoms with Gasteiger partial charge in [-0.2, -0.15) is 5.10 Å². The quantitative estimate of drug-likeness (QED) is 0.657. The Hall–Kier alpha value is -3.13. The van der Waals surface area contributed by atoms with E-state index in [9.17, 15) is 13.2 Å². The zero-order valence-corrected chi connectivity index (χ0v) is 13.2. The van der Waals surface area contributed by atoms with Crippen molar-refractivity contribution in [1.82, 2.24) is 10.2 Å². The third kappa shape index (κ3) is 3.28. The maximum Gasteiger partial charge on any atom is 0.266 e. The summed E-state index contributed by atoms with van der Waals surface area (Å²) in [5, 5.41) is 6.08.